The van der Waals surface area contributed by atoms with Crippen LogP contribution in [0.4, 0.5) is 4.79 Å². The van der Waals surface area contributed by atoms with E-state index in [1.54, 1.807) is 6.20 Å². The van der Waals surface area contributed by atoms with Gasteiger partial charge in [-0.2, -0.15) is 5.26 Å². The van der Waals surface area contributed by atoms with Gasteiger partial charge in [0.25, 0.3) is 0 Å². The fourth-order valence-electron chi connectivity index (χ4n) is 4.93. The van der Waals surface area contributed by atoms with Crippen LogP contribution in [-0.2, 0) is 9.53 Å². The molecular formula is C29H26N4O3. The molecule has 7 nitrogen and oxygen atoms in total. The van der Waals surface area contributed by atoms with Gasteiger partial charge in [0.2, 0.25) is 5.91 Å². The van der Waals surface area contributed by atoms with E-state index in [0.717, 1.165) is 38.7 Å². The molecule has 3 aromatic carbocycles. The molecule has 0 saturated heterocycles. The highest BCUT2D eigenvalue weighted by atomic mass is 16.5. The lowest BCUT2D eigenvalue weighted by Gasteiger charge is -2.18. The van der Waals surface area contributed by atoms with E-state index < -0.39 is 12.0 Å². The van der Waals surface area contributed by atoms with Crippen LogP contribution in [0.15, 0.2) is 79.0 Å². The van der Waals surface area contributed by atoms with Crippen molar-refractivity contribution in [2.75, 3.05) is 19.7 Å². The monoisotopic (exact) mass is 478 g/mol. The van der Waals surface area contributed by atoms with Gasteiger partial charge in [-0.15, -0.1) is 0 Å². The molecule has 0 saturated carbocycles. The van der Waals surface area contributed by atoms with Crippen LogP contribution in [0.25, 0.3) is 22.0 Å². The van der Waals surface area contributed by atoms with Gasteiger partial charge in [-0.05, 0) is 33.9 Å². The van der Waals surface area contributed by atoms with Crippen molar-refractivity contribution in [2.45, 2.75) is 18.3 Å². The zero-order chi connectivity index (χ0) is 24.9. The number of carbonyl (C=O) groups is 2. The smallest absolute Gasteiger partial charge is 0.407 e. The zero-order valence-corrected chi connectivity index (χ0v) is 19.7. The number of carbonyl (C=O) groups excluding carboxylic acids is 2. The minimum absolute atomic E-state index is 0.0400. The van der Waals surface area contributed by atoms with Gasteiger partial charge in [0.15, 0.2) is 0 Å². The number of nitriles is 1. The van der Waals surface area contributed by atoms with Crippen LogP contribution in [0.5, 0.6) is 0 Å². The molecule has 1 atom stereocenters. The molecule has 0 fully saturated rings. The van der Waals surface area contributed by atoms with Crippen LogP contribution in [-0.4, -0.2) is 36.7 Å². The van der Waals surface area contributed by atoms with Crippen molar-refractivity contribution in [1.29, 1.82) is 5.26 Å². The largest absolute Gasteiger partial charge is 0.449 e. The van der Waals surface area contributed by atoms with Gasteiger partial charge in [0.1, 0.15) is 6.61 Å². The molecular weight excluding hydrogens is 452 g/mol. The normalized spacial score (nSPS) is 12.9. The molecule has 1 heterocycles. The van der Waals surface area contributed by atoms with Crippen molar-refractivity contribution in [3.05, 3.63) is 95.7 Å². The molecule has 5 rings (SSSR count). The first-order valence-corrected chi connectivity index (χ1v) is 12.0. The second-order valence-corrected chi connectivity index (χ2v) is 8.75. The number of H-pyrrole nitrogens is 1. The molecule has 1 aliphatic rings. The highest BCUT2D eigenvalue weighted by Gasteiger charge is 2.29. The highest BCUT2D eigenvalue weighted by molar-refractivity contribution is 5.92. The molecule has 2 amide bonds. The van der Waals surface area contributed by atoms with Crippen LogP contribution in [0.3, 0.4) is 0 Å². The predicted molar refractivity (Wildman–Crippen MR) is 137 cm³/mol. The first-order chi connectivity index (χ1) is 17.7. The predicted octanol–water partition coefficient (Wildman–Crippen LogP) is 4.82. The topological polar surface area (TPSA) is 107 Å². The number of nitrogens with zero attached hydrogens (tertiary/aromatic N) is 1. The first-order valence-electron chi connectivity index (χ1n) is 12.0. The number of nitrogens with one attached hydrogen (secondary N) is 3. The van der Waals surface area contributed by atoms with Gasteiger partial charge >= 0.3 is 6.09 Å². The molecule has 1 unspecified atom stereocenters. The number of hydrogen-bond donors (Lipinski definition) is 3. The number of aromatic amines is 1. The quantitative estimate of drug-likeness (QED) is 0.316. The number of rotatable bonds is 8. The molecule has 0 aliphatic heterocycles. The summed E-state index contributed by atoms with van der Waals surface area (Å²) >= 11 is 0. The number of alkyl carbamates (subject to hydrolysis) is 1. The Balaban J connectivity index is 1.27. The third-order valence-corrected chi connectivity index (χ3v) is 6.64. The van der Waals surface area contributed by atoms with Crippen LogP contribution < -0.4 is 10.6 Å². The Morgan fingerprint density at radius 3 is 2.33 bits per heavy atom. The molecule has 0 spiro atoms. The standard InChI is InChI=1S/C29H26N4O3/c30-14-7-15-31-28(34)25(24-16-32-27-13-6-5-12-23(24)27)17-33-29(35)36-18-26-21-10-3-1-8-19(21)20-9-2-4-11-22(20)26/h1-6,8-13,16,25-26,32H,7,15,17-18H2,(H,31,34)(H,33,35). The van der Waals surface area contributed by atoms with Crippen LogP contribution in [0.2, 0.25) is 0 Å². The van der Waals surface area contributed by atoms with Crippen molar-refractivity contribution in [3.63, 3.8) is 0 Å². The molecule has 36 heavy (non-hydrogen) atoms. The lowest BCUT2D eigenvalue weighted by Crippen LogP contribution is -2.38. The summed E-state index contributed by atoms with van der Waals surface area (Å²) in [6, 6.07) is 26.0. The number of aromatic nitrogens is 1. The van der Waals surface area contributed by atoms with E-state index in [1.165, 1.54) is 0 Å². The lowest BCUT2D eigenvalue weighted by atomic mass is 9.97. The number of hydrogen-bond acceptors (Lipinski definition) is 4. The molecule has 3 N–H and O–H groups in total. The molecule has 1 aromatic heterocycles. The number of para-hydroxylation sites is 1. The maximum absolute atomic E-state index is 13.0. The highest BCUT2D eigenvalue weighted by Crippen LogP contribution is 2.44. The van der Waals surface area contributed by atoms with E-state index in [-0.39, 0.29) is 37.9 Å². The van der Waals surface area contributed by atoms with Crippen LogP contribution >= 0.6 is 0 Å². The molecule has 7 heteroatoms. The Bertz CT molecular complexity index is 1410. The maximum Gasteiger partial charge on any atom is 0.407 e. The summed E-state index contributed by atoms with van der Waals surface area (Å²) in [6.45, 7) is 0.516. The van der Waals surface area contributed by atoms with Crippen molar-refractivity contribution in [2.24, 2.45) is 0 Å². The van der Waals surface area contributed by atoms with Crippen LogP contribution in [0.1, 0.15) is 34.9 Å². The Morgan fingerprint density at radius 1 is 0.944 bits per heavy atom. The van der Waals surface area contributed by atoms with E-state index in [0.29, 0.717) is 0 Å². The second-order valence-electron chi connectivity index (χ2n) is 8.75. The van der Waals surface area contributed by atoms with Crippen molar-refractivity contribution in [1.82, 2.24) is 15.6 Å². The minimum atomic E-state index is -0.639. The van der Waals surface area contributed by atoms with Crippen molar-refractivity contribution >= 4 is 22.9 Å². The van der Waals surface area contributed by atoms with Gasteiger partial charge in [-0.25, -0.2) is 4.79 Å². The first kappa shape index (κ1) is 23.2. The fraction of sp³-hybridized carbons (Fsp3) is 0.207. The average molecular weight is 479 g/mol. The van der Waals surface area contributed by atoms with Crippen molar-refractivity contribution < 1.29 is 14.3 Å². The number of amides is 2. The fourth-order valence-corrected chi connectivity index (χ4v) is 4.93. The second kappa shape index (κ2) is 10.4. The van der Waals surface area contributed by atoms with Gasteiger partial charge in [-0.3, -0.25) is 4.79 Å². The minimum Gasteiger partial charge on any atom is -0.449 e. The summed E-state index contributed by atoms with van der Waals surface area (Å²) in [5.74, 6) is -0.934. The third kappa shape index (κ3) is 4.53. The Hall–Kier alpha value is -4.57. The van der Waals surface area contributed by atoms with Gasteiger partial charge in [-0.1, -0.05) is 66.7 Å². The lowest BCUT2D eigenvalue weighted by molar-refractivity contribution is -0.122. The van der Waals surface area contributed by atoms with E-state index in [1.807, 2.05) is 54.6 Å². The van der Waals surface area contributed by atoms with Gasteiger partial charge in [0.05, 0.1) is 18.4 Å². The summed E-state index contributed by atoms with van der Waals surface area (Å²) in [6.07, 6.45) is 1.43. The van der Waals surface area contributed by atoms with E-state index >= 15 is 0 Å². The average Bonchev–Trinajstić information content (AvgIpc) is 3.47. The van der Waals surface area contributed by atoms with E-state index in [4.69, 9.17) is 10.00 Å². The third-order valence-electron chi connectivity index (χ3n) is 6.64. The molecule has 4 aromatic rings. The maximum atomic E-state index is 13.0. The van der Waals surface area contributed by atoms with Crippen LogP contribution in [0, 0.1) is 11.3 Å². The summed E-state index contributed by atoms with van der Waals surface area (Å²) in [4.78, 5) is 28.9. The number of benzene rings is 3. The SMILES string of the molecule is N#CCCNC(=O)C(CNC(=O)OCC1c2ccccc2-c2ccccc21)c1c[nH]c2ccccc12. The van der Waals surface area contributed by atoms with E-state index in [9.17, 15) is 9.59 Å². The molecule has 0 radical (unpaired) electrons. The number of ether oxygens (including phenoxy) is 1. The Morgan fingerprint density at radius 2 is 1.61 bits per heavy atom. The van der Waals surface area contributed by atoms with Crippen molar-refractivity contribution in [3.8, 4) is 17.2 Å². The number of fused-ring (bicyclic) bond motifs is 4. The van der Waals surface area contributed by atoms with E-state index in [2.05, 4.69) is 39.9 Å². The summed E-state index contributed by atoms with van der Waals surface area (Å²) in [5, 5.41) is 15.3. The Kier molecular flexibility index (Phi) is 6.67. The molecule has 180 valence electrons. The molecule has 1 aliphatic carbocycles. The van der Waals surface area contributed by atoms with Gasteiger partial charge in [0, 0.05) is 36.1 Å². The summed E-state index contributed by atoms with van der Waals surface area (Å²) < 4.78 is 5.64. The summed E-state index contributed by atoms with van der Waals surface area (Å²) in [7, 11) is 0. The zero-order valence-electron chi connectivity index (χ0n) is 19.7. The van der Waals surface area contributed by atoms with Gasteiger partial charge < -0.3 is 20.4 Å². The molecule has 0 bridgehead atoms. The Labute approximate surface area is 209 Å². The summed E-state index contributed by atoms with van der Waals surface area (Å²) in [5.41, 5.74) is 6.29.